The van der Waals surface area contributed by atoms with E-state index in [0.717, 1.165) is 30.6 Å². The number of amides is 2. The number of aryl methyl sites for hydroxylation is 1. The molecule has 0 radical (unpaired) electrons. The van der Waals surface area contributed by atoms with E-state index >= 15 is 0 Å². The topological polar surface area (TPSA) is 49.9 Å². The molecule has 0 bridgehead atoms. The molecular formula is C22H22N2O3. The SMILES string of the molecule is CCN1C(=O)C(c2ccc(OC)cc2)=C(N2CCCc3ccccc32)C1=O. The summed E-state index contributed by atoms with van der Waals surface area (Å²) in [5, 5.41) is 0. The zero-order valence-electron chi connectivity index (χ0n) is 15.6. The molecule has 5 heteroatoms. The Morgan fingerprint density at radius 1 is 1.00 bits per heavy atom. The molecule has 0 unspecified atom stereocenters. The Morgan fingerprint density at radius 2 is 1.74 bits per heavy atom. The molecule has 2 amide bonds. The monoisotopic (exact) mass is 362 g/mol. The van der Waals surface area contributed by atoms with E-state index in [4.69, 9.17) is 4.74 Å². The third-order valence-corrected chi connectivity index (χ3v) is 5.22. The minimum atomic E-state index is -0.231. The van der Waals surface area contributed by atoms with Crippen molar-refractivity contribution in [2.75, 3.05) is 25.1 Å². The van der Waals surface area contributed by atoms with Gasteiger partial charge in [0, 0.05) is 18.8 Å². The lowest BCUT2D eigenvalue weighted by atomic mass is 9.98. The zero-order valence-corrected chi connectivity index (χ0v) is 15.6. The first-order valence-corrected chi connectivity index (χ1v) is 9.26. The molecule has 2 heterocycles. The van der Waals surface area contributed by atoms with Crippen LogP contribution >= 0.6 is 0 Å². The quantitative estimate of drug-likeness (QED) is 0.784. The number of carbonyl (C=O) groups is 2. The lowest BCUT2D eigenvalue weighted by molar-refractivity contribution is -0.136. The molecule has 0 spiro atoms. The Bertz CT molecular complexity index is 931. The van der Waals surface area contributed by atoms with E-state index in [0.29, 0.717) is 23.6 Å². The maximum absolute atomic E-state index is 13.1. The van der Waals surface area contributed by atoms with E-state index in [1.807, 2.05) is 54.3 Å². The molecule has 0 aromatic heterocycles. The Morgan fingerprint density at radius 3 is 2.44 bits per heavy atom. The predicted octanol–water partition coefficient (Wildman–Crippen LogP) is 3.25. The minimum Gasteiger partial charge on any atom is -0.497 e. The summed E-state index contributed by atoms with van der Waals surface area (Å²) in [6.45, 7) is 2.91. The van der Waals surface area contributed by atoms with Crippen molar-refractivity contribution in [3.63, 3.8) is 0 Å². The first-order chi connectivity index (χ1) is 13.2. The van der Waals surface area contributed by atoms with E-state index in [-0.39, 0.29) is 11.8 Å². The van der Waals surface area contributed by atoms with Crippen LogP contribution in [-0.2, 0) is 16.0 Å². The van der Waals surface area contributed by atoms with Crippen LogP contribution in [0.1, 0.15) is 24.5 Å². The number of hydrogen-bond acceptors (Lipinski definition) is 4. The molecule has 0 atom stereocenters. The number of hydrogen-bond donors (Lipinski definition) is 0. The number of imide groups is 1. The molecule has 0 aliphatic carbocycles. The maximum atomic E-state index is 13.1. The third kappa shape index (κ3) is 2.79. The van der Waals surface area contributed by atoms with E-state index in [2.05, 4.69) is 6.07 Å². The van der Waals surface area contributed by atoms with Gasteiger partial charge in [-0.05, 0) is 49.1 Å². The summed E-state index contributed by atoms with van der Waals surface area (Å²) < 4.78 is 5.22. The highest BCUT2D eigenvalue weighted by Gasteiger charge is 2.41. The van der Waals surface area contributed by atoms with Gasteiger partial charge in [-0.3, -0.25) is 14.5 Å². The number of fused-ring (bicyclic) bond motifs is 1. The highest BCUT2D eigenvalue weighted by atomic mass is 16.5. The van der Waals surface area contributed by atoms with Gasteiger partial charge in [-0.15, -0.1) is 0 Å². The van der Waals surface area contributed by atoms with Crippen molar-refractivity contribution < 1.29 is 14.3 Å². The number of methoxy groups -OCH3 is 1. The number of benzene rings is 2. The number of nitrogens with zero attached hydrogens (tertiary/aromatic N) is 2. The van der Waals surface area contributed by atoms with Crippen LogP contribution < -0.4 is 9.64 Å². The van der Waals surface area contributed by atoms with Crippen molar-refractivity contribution in [3.05, 3.63) is 65.4 Å². The number of para-hydroxylation sites is 1. The fourth-order valence-electron chi connectivity index (χ4n) is 3.88. The molecule has 0 fully saturated rings. The molecule has 0 saturated carbocycles. The van der Waals surface area contributed by atoms with Crippen LogP contribution in [0.4, 0.5) is 5.69 Å². The van der Waals surface area contributed by atoms with Gasteiger partial charge in [0.25, 0.3) is 11.8 Å². The summed E-state index contributed by atoms with van der Waals surface area (Å²) in [7, 11) is 1.60. The van der Waals surface area contributed by atoms with Gasteiger partial charge in [0.1, 0.15) is 11.4 Å². The summed E-state index contributed by atoms with van der Waals surface area (Å²) in [6, 6.07) is 15.4. The van der Waals surface area contributed by atoms with Crippen molar-refractivity contribution in [1.82, 2.24) is 4.90 Å². The minimum absolute atomic E-state index is 0.218. The van der Waals surface area contributed by atoms with Crippen LogP contribution in [0.3, 0.4) is 0 Å². The smallest absolute Gasteiger partial charge is 0.278 e. The molecule has 27 heavy (non-hydrogen) atoms. The molecule has 0 N–H and O–H groups in total. The van der Waals surface area contributed by atoms with Crippen LogP contribution in [0.5, 0.6) is 5.75 Å². The van der Waals surface area contributed by atoms with Crippen molar-refractivity contribution in [2.45, 2.75) is 19.8 Å². The van der Waals surface area contributed by atoms with Crippen LogP contribution in [0.2, 0.25) is 0 Å². The van der Waals surface area contributed by atoms with Crippen molar-refractivity contribution >= 4 is 23.1 Å². The summed E-state index contributed by atoms with van der Waals surface area (Å²) in [5.41, 5.74) is 3.92. The molecule has 5 nitrogen and oxygen atoms in total. The van der Waals surface area contributed by atoms with E-state index in [1.165, 1.54) is 10.5 Å². The zero-order chi connectivity index (χ0) is 19.0. The lowest BCUT2D eigenvalue weighted by Crippen LogP contribution is -2.37. The van der Waals surface area contributed by atoms with Gasteiger partial charge < -0.3 is 9.64 Å². The Hall–Kier alpha value is -3.08. The largest absolute Gasteiger partial charge is 0.497 e. The molecule has 2 aromatic rings. The lowest BCUT2D eigenvalue weighted by Gasteiger charge is -2.32. The van der Waals surface area contributed by atoms with Crippen LogP contribution in [-0.4, -0.2) is 36.9 Å². The van der Waals surface area contributed by atoms with Gasteiger partial charge in [-0.25, -0.2) is 0 Å². The van der Waals surface area contributed by atoms with Crippen molar-refractivity contribution in [3.8, 4) is 5.75 Å². The van der Waals surface area contributed by atoms with Gasteiger partial charge in [0.2, 0.25) is 0 Å². The van der Waals surface area contributed by atoms with Crippen molar-refractivity contribution in [1.29, 1.82) is 0 Å². The molecule has 2 aliphatic heterocycles. The first kappa shape index (κ1) is 17.3. The summed E-state index contributed by atoms with van der Waals surface area (Å²) in [5.74, 6) is 0.268. The van der Waals surface area contributed by atoms with Crippen molar-refractivity contribution in [2.24, 2.45) is 0 Å². The first-order valence-electron chi connectivity index (χ1n) is 9.26. The van der Waals surface area contributed by atoms with Gasteiger partial charge in [-0.1, -0.05) is 30.3 Å². The number of ether oxygens (including phenoxy) is 1. The van der Waals surface area contributed by atoms with E-state index in [9.17, 15) is 9.59 Å². The summed E-state index contributed by atoms with van der Waals surface area (Å²) in [6.07, 6.45) is 1.93. The molecule has 138 valence electrons. The molecular weight excluding hydrogens is 340 g/mol. The van der Waals surface area contributed by atoms with Crippen LogP contribution in [0, 0.1) is 0 Å². The Labute approximate surface area is 158 Å². The van der Waals surface area contributed by atoms with Gasteiger partial charge >= 0.3 is 0 Å². The average molecular weight is 362 g/mol. The van der Waals surface area contributed by atoms with Gasteiger partial charge in [0.15, 0.2) is 0 Å². The third-order valence-electron chi connectivity index (χ3n) is 5.22. The molecule has 4 rings (SSSR count). The molecule has 0 saturated heterocycles. The number of anilines is 1. The number of likely N-dealkylation sites (N-methyl/N-ethyl adjacent to an activating group) is 1. The second-order valence-corrected chi connectivity index (χ2v) is 6.69. The second kappa shape index (κ2) is 6.91. The summed E-state index contributed by atoms with van der Waals surface area (Å²) >= 11 is 0. The fraction of sp³-hybridized carbons (Fsp3) is 0.273. The Balaban J connectivity index is 1.89. The number of rotatable bonds is 4. The molecule has 2 aromatic carbocycles. The van der Waals surface area contributed by atoms with Gasteiger partial charge in [0.05, 0.1) is 12.7 Å². The highest BCUT2D eigenvalue weighted by Crippen LogP contribution is 2.38. The van der Waals surface area contributed by atoms with Crippen LogP contribution in [0.15, 0.2) is 54.2 Å². The Kier molecular flexibility index (Phi) is 4.44. The van der Waals surface area contributed by atoms with E-state index < -0.39 is 0 Å². The van der Waals surface area contributed by atoms with E-state index in [1.54, 1.807) is 7.11 Å². The standard InChI is InChI=1S/C22H22N2O3/c1-3-23-21(25)19(16-10-12-17(27-2)13-11-16)20(22(23)26)24-14-6-8-15-7-4-5-9-18(15)24/h4-5,7,9-13H,3,6,8,14H2,1-2H3. The normalized spacial score (nSPS) is 16.8. The molecule has 2 aliphatic rings. The number of carbonyl (C=O) groups excluding carboxylic acids is 2. The average Bonchev–Trinajstić information content (AvgIpc) is 2.97. The van der Waals surface area contributed by atoms with Crippen LogP contribution in [0.25, 0.3) is 5.57 Å². The van der Waals surface area contributed by atoms with Gasteiger partial charge in [-0.2, -0.15) is 0 Å². The fourth-order valence-corrected chi connectivity index (χ4v) is 3.88. The second-order valence-electron chi connectivity index (χ2n) is 6.69. The summed E-state index contributed by atoms with van der Waals surface area (Å²) in [4.78, 5) is 29.5. The highest BCUT2D eigenvalue weighted by molar-refractivity contribution is 6.36. The maximum Gasteiger partial charge on any atom is 0.278 e. The predicted molar refractivity (Wildman–Crippen MR) is 104 cm³/mol.